The standard InChI is InChI=1S/C25H23ClFN5O5/c1-32-8-13(7-28-32)12-4-11-2-3-18(20(11)15(27)5-12)36-24-14(26)6-16-23(30-24)31-25(29-16)37-19-10-35-21-17(33)9-34-22(19)21/h4-8,17-19,21-22,33H,2-3,9-10H2,1H3,(H,29,30,31)/t17-,18?,19-,21?,22?/m1/s1. The summed E-state index contributed by atoms with van der Waals surface area (Å²) in [7, 11) is 1.83. The minimum atomic E-state index is -0.665. The van der Waals surface area contributed by atoms with Gasteiger partial charge in [0, 0.05) is 24.4 Å². The van der Waals surface area contributed by atoms with Gasteiger partial charge in [0.1, 0.15) is 35.3 Å². The first-order chi connectivity index (χ1) is 17.9. The van der Waals surface area contributed by atoms with Crippen LogP contribution in [0.1, 0.15) is 23.7 Å². The van der Waals surface area contributed by atoms with E-state index in [2.05, 4.69) is 20.1 Å². The lowest BCUT2D eigenvalue weighted by Crippen LogP contribution is -2.34. The van der Waals surface area contributed by atoms with Gasteiger partial charge in [0.2, 0.25) is 5.88 Å². The average Bonchev–Trinajstić information content (AvgIpc) is 3.67. The van der Waals surface area contributed by atoms with Crippen LogP contribution in [0.5, 0.6) is 11.9 Å². The molecule has 0 bridgehead atoms. The molecule has 2 aliphatic heterocycles. The maximum atomic E-state index is 15.2. The third-order valence-electron chi connectivity index (χ3n) is 7.12. The number of hydrogen-bond donors (Lipinski definition) is 2. The highest BCUT2D eigenvalue weighted by Gasteiger charge is 2.48. The number of aliphatic hydroxyl groups excluding tert-OH is 1. The molecular formula is C25H23ClFN5O5. The Hall–Kier alpha value is -3.25. The molecule has 3 aliphatic rings. The van der Waals surface area contributed by atoms with Crippen molar-refractivity contribution in [2.75, 3.05) is 13.2 Å². The van der Waals surface area contributed by atoms with Crippen LogP contribution >= 0.6 is 11.6 Å². The first kappa shape index (κ1) is 22.9. The van der Waals surface area contributed by atoms with Crippen LogP contribution in [-0.4, -0.2) is 67.5 Å². The van der Waals surface area contributed by atoms with Gasteiger partial charge in [-0.05, 0) is 36.1 Å². The fourth-order valence-corrected chi connectivity index (χ4v) is 5.56. The number of rotatable bonds is 5. The average molecular weight is 528 g/mol. The second-order valence-electron chi connectivity index (χ2n) is 9.59. The number of imidazole rings is 1. The molecule has 1 aromatic carbocycles. The number of aliphatic hydroxyl groups is 1. The number of H-pyrrole nitrogens is 1. The number of benzene rings is 1. The molecule has 0 spiro atoms. The Bertz CT molecular complexity index is 1510. The zero-order chi connectivity index (χ0) is 25.3. The van der Waals surface area contributed by atoms with Gasteiger partial charge in [-0.2, -0.15) is 15.1 Å². The second kappa shape index (κ2) is 8.66. The summed E-state index contributed by atoms with van der Waals surface area (Å²) in [6.07, 6.45) is 2.48. The first-order valence-corrected chi connectivity index (χ1v) is 12.4. The van der Waals surface area contributed by atoms with Crippen LogP contribution in [0, 0.1) is 5.82 Å². The Labute approximate surface area is 215 Å². The number of ether oxygens (including phenoxy) is 4. The van der Waals surface area contributed by atoms with Gasteiger partial charge in [0.25, 0.3) is 6.01 Å². The predicted molar refractivity (Wildman–Crippen MR) is 129 cm³/mol. The summed E-state index contributed by atoms with van der Waals surface area (Å²) in [5, 5.41) is 14.4. The topological polar surface area (TPSA) is 117 Å². The van der Waals surface area contributed by atoms with Crippen LogP contribution in [0.25, 0.3) is 22.3 Å². The molecule has 1 aliphatic carbocycles. The smallest absolute Gasteiger partial charge is 0.296 e. The number of nitrogens with zero attached hydrogens (tertiary/aromatic N) is 4. The Morgan fingerprint density at radius 3 is 2.84 bits per heavy atom. The Morgan fingerprint density at radius 1 is 1.14 bits per heavy atom. The van der Waals surface area contributed by atoms with E-state index in [0.717, 1.165) is 16.7 Å². The summed E-state index contributed by atoms with van der Waals surface area (Å²) < 4.78 is 40.2. The molecule has 0 saturated carbocycles. The highest BCUT2D eigenvalue weighted by atomic mass is 35.5. The molecule has 0 amide bonds. The van der Waals surface area contributed by atoms with Gasteiger partial charge in [-0.15, -0.1) is 0 Å². The summed E-state index contributed by atoms with van der Waals surface area (Å²) in [5.41, 5.74) is 3.97. The molecule has 12 heteroatoms. The van der Waals surface area contributed by atoms with E-state index in [4.69, 9.17) is 30.5 Å². The molecule has 0 radical (unpaired) electrons. The van der Waals surface area contributed by atoms with Crippen molar-refractivity contribution in [2.45, 2.75) is 43.4 Å². The van der Waals surface area contributed by atoms with Crippen molar-refractivity contribution in [3.05, 3.63) is 52.6 Å². The van der Waals surface area contributed by atoms with Gasteiger partial charge in [-0.3, -0.25) is 4.68 Å². The van der Waals surface area contributed by atoms with Gasteiger partial charge in [-0.1, -0.05) is 17.7 Å². The first-order valence-electron chi connectivity index (χ1n) is 12.0. The van der Waals surface area contributed by atoms with E-state index in [1.165, 1.54) is 6.07 Å². The lowest BCUT2D eigenvalue weighted by Gasteiger charge is -2.16. The second-order valence-corrected chi connectivity index (χ2v) is 9.99. The molecule has 2 fully saturated rings. The molecular weight excluding hydrogens is 505 g/mol. The number of fused-ring (bicyclic) bond motifs is 3. The molecule has 4 aromatic rings. The number of pyridine rings is 1. The lowest BCUT2D eigenvalue weighted by atomic mass is 10.0. The molecule has 3 aromatic heterocycles. The van der Waals surface area contributed by atoms with Gasteiger partial charge in [0.05, 0.1) is 24.9 Å². The van der Waals surface area contributed by atoms with Crippen molar-refractivity contribution < 1.29 is 28.4 Å². The molecule has 2 N–H and O–H groups in total. The van der Waals surface area contributed by atoms with Crippen molar-refractivity contribution in [1.29, 1.82) is 0 Å². The van der Waals surface area contributed by atoms with Gasteiger partial charge >= 0.3 is 0 Å². The van der Waals surface area contributed by atoms with Crippen LogP contribution in [0.4, 0.5) is 4.39 Å². The number of hydrogen-bond acceptors (Lipinski definition) is 8. The van der Waals surface area contributed by atoms with E-state index in [9.17, 15) is 5.11 Å². The van der Waals surface area contributed by atoms with E-state index in [1.807, 2.05) is 19.3 Å². The van der Waals surface area contributed by atoms with Crippen LogP contribution in [-0.2, 0) is 22.9 Å². The minimum Gasteiger partial charge on any atom is -0.468 e. The summed E-state index contributed by atoms with van der Waals surface area (Å²) in [6.45, 7) is 0.490. The maximum Gasteiger partial charge on any atom is 0.296 e. The number of nitrogens with one attached hydrogen (secondary N) is 1. The number of aromatic amines is 1. The number of aryl methyl sites for hydroxylation is 2. The summed E-state index contributed by atoms with van der Waals surface area (Å²) in [5.74, 6) is -0.157. The van der Waals surface area contributed by atoms with Crippen molar-refractivity contribution >= 4 is 22.8 Å². The van der Waals surface area contributed by atoms with Crippen molar-refractivity contribution in [1.82, 2.24) is 24.7 Å². The zero-order valence-corrected chi connectivity index (χ0v) is 20.5. The predicted octanol–water partition coefficient (Wildman–Crippen LogP) is 3.12. The summed E-state index contributed by atoms with van der Waals surface area (Å²) in [4.78, 5) is 11.9. The summed E-state index contributed by atoms with van der Waals surface area (Å²) >= 11 is 6.48. The highest BCUT2D eigenvalue weighted by Crippen LogP contribution is 2.40. The quantitative estimate of drug-likeness (QED) is 0.407. The summed E-state index contributed by atoms with van der Waals surface area (Å²) in [6, 6.07) is 5.38. The van der Waals surface area contributed by atoms with Crippen LogP contribution in [0.3, 0.4) is 0 Å². The highest BCUT2D eigenvalue weighted by molar-refractivity contribution is 6.32. The molecule has 192 valence electrons. The Balaban J connectivity index is 1.12. The van der Waals surface area contributed by atoms with Crippen LogP contribution < -0.4 is 9.47 Å². The lowest BCUT2D eigenvalue weighted by molar-refractivity contribution is 0.00706. The van der Waals surface area contributed by atoms with Crippen molar-refractivity contribution in [3.8, 4) is 23.0 Å². The molecule has 3 unspecified atom stereocenters. The van der Waals surface area contributed by atoms with E-state index in [-0.39, 0.29) is 42.0 Å². The van der Waals surface area contributed by atoms with E-state index in [0.29, 0.717) is 29.6 Å². The van der Waals surface area contributed by atoms with Crippen molar-refractivity contribution in [2.24, 2.45) is 7.05 Å². The Morgan fingerprint density at radius 2 is 2.00 bits per heavy atom. The number of aromatic nitrogens is 5. The molecule has 2 saturated heterocycles. The van der Waals surface area contributed by atoms with E-state index >= 15 is 4.39 Å². The van der Waals surface area contributed by atoms with Gasteiger partial charge in [-0.25, -0.2) is 4.39 Å². The number of halogens is 2. The van der Waals surface area contributed by atoms with Crippen molar-refractivity contribution in [3.63, 3.8) is 0 Å². The molecule has 7 rings (SSSR count). The largest absolute Gasteiger partial charge is 0.468 e. The molecule has 5 heterocycles. The fraction of sp³-hybridized carbons (Fsp3) is 0.400. The fourth-order valence-electron chi connectivity index (χ4n) is 5.37. The monoisotopic (exact) mass is 527 g/mol. The van der Waals surface area contributed by atoms with Gasteiger partial charge in [0.15, 0.2) is 11.8 Å². The SMILES string of the molecule is Cn1cc(-c2cc(F)c3c(c2)CCC3Oc2nc3nc(O[C@@H]4COC5C4OC[C@H]5O)[nH]c3cc2Cl)cn1. The minimum absolute atomic E-state index is 0.173. The van der Waals surface area contributed by atoms with Crippen LogP contribution in [0.2, 0.25) is 5.02 Å². The zero-order valence-electron chi connectivity index (χ0n) is 19.7. The van der Waals surface area contributed by atoms with Crippen LogP contribution in [0.15, 0.2) is 30.6 Å². The Kier molecular flexibility index (Phi) is 5.36. The molecule has 5 atom stereocenters. The molecule has 37 heavy (non-hydrogen) atoms. The molecule has 10 nitrogen and oxygen atoms in total. The third kappa shape index (κ3) is 3.93. The van der Waals surface area contributed by atoms with E-state index in [1.54, 1.807) is 16.9 Å². The van der Waals surface area contributed by atoms with Gasteiger partial charge < -0.3 is 29.0 Å². The van der Waals surface area contributed by atoms with E-state index < -0.39 is 24.4 Å². The normalized spacial score (nSPS) is 26.5. The maximum absolute atomic E-state index is 15.2. The third-order valence-corrected chi connectivity index (χ3v) is 7.39.